The van der Waals surface area contributed by atoms with Gasteiger partial charge >= 0.3 is 12.1 Å². The lowest BCUT2D eigenvalue weighted by molar-refractivity contribution is -0.192. The van der Waals surface area contributed by atoms with Crippen LogP contribution in [0.2, 0.25) is 0 Å². The van der Waals surface area contributed by atoms with Gasteiger partial charge in [-0.1, -0.05) is 6.42 Å². The van der Waals surface area contributed by atoms with Gasteiger partial charge in [-0.25, -0.2) is 4.79 Å². The van der Waals surface area contributed by atoms with Gasteiger partial charge in [0, 0.05) is 6.54 Å². The number of carbonyl (C=O) groups excluding carboxylic acids is 1. The lowest BCUT2D eigenvalue weighted by Gasteiger charge is -2.28. The molecule has 2 saturated heterocycles. The van der Waals surface area contributed by atoms with Crippen molar-refractivity contribution >= 4 is 11.9 Å². The number of amides is 1. The highest BCUT2D eigenvalue weighted by molar-refractivity contribution is 5.82. The number of hydrogen-bond acceptors (Lipinski definition) is 4. The molecule has 2 fully saturated rings. The van der Waals surface area contributed by atoms with Crippen LogP contribution in [0.15, 0.2) is 0 Å². The summed E-state index contributed by atoms with van der Waals surface area (Å²) in [4.78, 5) is 22.7. The highest BCUT2D eigenvalue weighted by Gasteiger charge is 2.38. The summed E-state index contributed by atoms with van der Waals surface area (Å²) in [6.45, 7) is 1.69. The lowest BCUT2D eigenvalue weighted by Crippen LogP contribution is -2.49. The van der Waals surface area contributed by atoms with Crippen molar-refractivity contribution < 1.29 is 27.9 Å². The van der Waals surface area contributed by atoms with E-state index >= 15 is 0 Å². The minimum absolute atomic E-state index is 0.0345. The van der Waals surface area contributed by atoms with Gasteiger partial charge in [-0.05, 0) is 32.2 Å². The number of nitrogens with one attached hydrogen (secondary N) is 1. The van der Waals surface area contributed by atoms with Gasteiger partial charge in [0.1, 0.15) is 6.04 Å². The average molecular weight is 321 g/mol. The van der Waals surface area contributed by atoms with Crippen molar-refractivity contribution in [3.8, 4) is 6.07 Å². The first kappa shape index (κ1) is 18.2. The molecular weight excluding hydrogens is 303 g/mol. The second kappa shape index (κ2) is 7.98. The Bertz CT molecular complexity index is 442. The molecule has 124 valence electrons. The van der Waals surface area contributed by atoms with Crippen LogP contribution in [0.3, 0.4) is 0 Å². The molecule has 2 atom stereocenters. The normalized spacial score (nSPS) is 24.9. The van der Waals surface area contributed by atoms with E-state index in [1.807, 2.05) is 0 Å². The zero-order valence-corrected chi connectivity index (χ0v) is 11.9. The first-order chi connectivity index (χ1) is 10.3. The second-order valence-corrected chi connectivity index (χ2v) is 5.12. The van der Waals surface area contributed by atoms with Gasteiger partial charge in [0.25, 0.3) is 0 Å². The summed E-state index contributed by atoms with van der Waals surface area (Å²) in [7, 11) is 0. The number of piperidine rings is 1. The van der Waals surface area contributed by atoms with Crippen molar-refractivity contribution in [2.24, 2.45) is 0 Å². The van der Waals surface area contributed by atoms with Crippen LogP contribution >= 0.6 is 0 Å². The first-order valence-corrected chi connectivity index (χ1v) is 7.01. The molecule has 0 aromatic rings. The van der Waals surface area contributed by atoms with E-state index in [0.29, 0.717) is 0 Å². The molecule has 9 heteroatoms. The molecule has 0 radical (unpaired) electrons. The highest BCUT2D eigenvalue weighted by atomic mass is 19.4. The van der Waals surface area contributed by atoms with Crippen LogP contribution in [0.25, 0.3) is 0 Å². The molecule has 2 aliphatic rings. The van der Waals surface area contributed by atoms with E-state index in [2.05, 4.69) is 11.4 Å². The number of alkyl halides is 3. The maximum absolute atomic E-state index is 12.1. The van der Waals surface area contributed by atoms with Gasteiger partial charge < -0.3 is 15.3 Å². The molecule has 2 heterocycles. The quantitative estimate of drug-likeness (QED) is 0.759. The summed E-state index contributed by atoms with van der Waals surface area (Å²) in [5.41, 5.74) is 0. The Morgan fingerprint density at radius 1 is 1.23 bits per heavy atom. The monoisotopic (exact) mass is 321 g/mol. The number of carboxylic acid groups (broad SMARTS) is 1. The van der Waals surface area contributed by atoms with Gasteiger partial charge in [0.05, 0.1) is 12.1 Å². The van der Waals surface area contributed by atoms with E-state index in [4.69, 9.17) is 15.2 Å². The number of nitrogens with zero attached hydrogens (tertiary/aromatic N) is 2. The largest absolute Gasteiger partial charge is 0.490 e. The molecule has 0 aromatic heterocycles. The fourth-order valence-corrected chi connectivity index (χ4v) is 2.43. The van der Waals surface area contributed by atoms with Crippen LogP contribution in [0.1, 0.15) is 32.1 Å². The van der Waals surface area contributed by atoms with Gasteiger partial charge in [-0.15, -0.1) is 0 Å². The molecule has 2 rings (SSSR count). The number of likely N-dealkylation sites (tertiary alicyclic amines) is 1. The molecule has 0 bridgehead atoms. The van der Waals surface area contributed by atoms with Crippen molar-refractivity contribution in [1.82, 2.24) is 10.2 Å². The third-order valence-corrected chi connectivity index (χ3v) is 3.54. The second-order valence-electron chi connectivity index (χ2n) is 5.12. The molecule has 1 amide bonds. The Balaban J connectivity index is 0.000000295. The Morgan fingerprint density at radius 3 is 2.32 bits per heavy atom. The Hall–Kier alpha value is -1.82. The smallest absolute Gasteiger partial charge is 0.475 e. The van der Waals surface area contributed by atoms with E-state index in [1.165, 1.54) is 0 Å². The first-order valence-electron chi connectivity index (χ1n) is 7.01. The van der Waals surface area contributed by atoms with Gasteiger partial charge in [0.15, 0.2) is 0 Å². The number of aliphatic carboxylic acids is 1. The van der Waals surface area contributed by atoms with Crippen molar-refractivity contribution in [3.63, 3.8) is 0 Å². The predicted octanol–water partition coefficient (Wildman–Crippen LogP) is 1.28. The summed E-state index contributed by atoms with van der Waals surface area (Å²) >= 11 is 0. The molecule has 1 unspecified atom stereocenters. The van der Waals surface area contributed by atoms with E-state index in [1.54, 1.807) is 4.90 Å². The van der Waals surface area contributed by atoms with Crippen molar-refractivity contribution in [2.75, 3.05) is 13.1 Å². The maximum Gasteiger partial charge on any atom is 0.490 e. The average Bonchev–Trinajstić information content (AvgIpc) is 2.95. The van der Waals surface area contributed by atoms with E-state index in [0.717, 1.165) is 45.2 Å². The molecule has 2 N–H and O–H groups in total. The van der Waals surface area contributed by atoms with Crippen LogP contribution in [-0.4, -0.2) is 53.2 Å². The standard InChI is InChI=1S/C11H17N3O.C2HF3O2/c12-8-9-4-3-7-14(9)11(15)10-5-1-2-6-13-10;3-2(4,5)1(6)7/h9-10,13H,1-7H2;(H,6,7)/t9?,10-;/m0./s1. The zero-order valence-electron chi connectivity index (χ0n) is 11.9. The molecule has 22 heavy (non-hydrogen) atoms. The van der Waals surface area contributed by atoms with Gasteiger partial charge in [0.2, 0.25) is 5.91 Å². The number of carbonyl (C=O) groups is 2. The Morgan fingerprint density at radius 2 is 1.86 bits per heavy atom. The summed E-state index contributed by atoms with van der Waals surface area (Å²) in [6, 6.07) is 2.00. The fraction of sp³-hybridized carbons (Fsp3) is 0.769. The minimum Gasteiger partial charge on any atom is -0.475 e. The van der Waals surface area contributed by atoms with Gasteiger partial charge in [-0.3, -0.25) is 4.79 Å². The van der Waals surface area contributed by atoms with Crippen LogP contribution in [0.4, 0.5) is 13.2 Å². The maximum atomic E-state index is 12.1. The summed E-state index contributed by atoms with van der Waals surface area (Å²) < 4.78 is 31.7. The van der Waals surface area contributed by atoms with Crippen molar-refractivity contribution in [2.45, 2.75) is 50.4 Å². The molecule has 0 aliphatic carbocycles. The number of hydrogen-bond donors (Lipinski definition) is 2. The molecule has 2 aliphatic heterocycles. The minimum atomic E-state index is -5.08. The topological polar surface area (TPSA) is 93.4 Å². The molecule has 6 nitrogen and oxygen atoms in total. The molecule has 0 spiro atoms. The van der Waals surface area contributed by atoms with E-state index in [9.17, 15) is 18.0 Å². The Kier molecular flexibility index (Phi) is 6.61. The number of carboxylic acids is 1. The van der Waals surface area contributed by atoms with Crippen LogP contribution in [0, 0.1) is 11.3 Å². The SMILES string of the molecule is N#CC1CCCN1C(=O)[C@@H]1CCCCN1.O=C(O)C(F)(F)F. The van der Waals surface area contributed by atoms with Crippen LogP contribution in [-0.2, 0) is 9.59 Å². The van der Waals surface area contributed by atoms with Gasteiger partial charge in [-0.2, -0.15) is 18.4 Å². The highest BCUT2D eigenvalue weighted by Crippen LogP contribution is 2.19. The number of nitriles is 1. The van der Waals surface area contributed by atoms with Crippen molar-refractivity contribution in [1.29, 1.82) is 5.26 Å². The van der Waals surface area contributed by atoms with E-state index < -0.39 is 12.1 Å². The predicted molar refractivity (Wildman–Crippen MR) is 69.7 cm³/mol. The summed E-state index contributed by atoms with van der Waals surface area (Å²) in [5.74, 6) is -2.62. The summed E-state index contributed by atoms with van der Waals surface area (Å²) in [5, 5.41) is 19.3. The molecule has 0 saturated carbocycles. The molecular formula is C13H18F3N3O3. The Labute approximate surface area is 125 Å². The summed E-state index contributed by atoms with van der Waals surface area (Å²) in [6.07, 6.45) is -0.0704. The third-order valence-electron chi connectivity index (χ3n) is 3.54. The number of halogens is 3. The van der Waals surface area contributed by atoms with Crippen LogP contribution in [0.5, 0.6) is 0 Å². The van der Waals surface area contributed by atoms with Crippen molar-refractivity contribution in [3.05, 3.63) is 0 Å². The fourth-order valence-electron chi connectivity index (χ4n) is 2.43. The van der Waals surface area contributed by atoms with E-state index in [-0.39, 0.29) is 18.0 Å². The number of rotatable bonds is 1. The zero-order chi connectivity index (χ0) is 16.8. The van der Waals surface area contributed by atoms with Crippen LogP contribution < -0.4 is 5.32 Å². The lowest BCUT2D eigenvalue weighted by atomic mass is 10.0. The third kappa shape index (κ3) is 5.18. The molecule has 0 aromatic carbocycles.